The number of nitrogens with one attached hydrogen (secondary N) is 1. The average Bonchev–Trinajstić information content (AvgIpc) is 2.26. The summed E-state index contributed by atoms with van der Waals surface area (Å²) in [6.45, 7) is 3.87. The molecule has 98 valence electrons. The maximum absolute atomic E-state index is 5.80. The van der Waals surface area contributed by atoms with Crippen molar-refractivity contribution >= 4 is 51.2 Å². The van der Waals surface area contributed by atoms with E-state index >= 15 is 0 Å². The van der Waals surface area contributed by atoms with Gasteiger partial charge in [0.25, 0.3) is 0 Å². The Labute approximate surface area is 131 Å². The number of nitrogens with zero attached hydrogens (tertiary/aromatic N) is 1. The fourth-order valence-electron chi connectivity index (χ4n) is 1.96. The molecule has 5 heteroatoms. The topological polar surface area (TPSA) is 50.9 Å². The Morgan fingerprint density at radius 3 is 2.68 bits per heavy atom. The van der Waals surface area contributed by atoms with Gasteiger partial charge >= 0.3 is 0 Å². The van der Waals surface area contributed by atoms with Gasteiger partial charge in [-0.2, -0.15) is 0 Å². The van der Waals surface area contributed by atoms with Crippen LogP contribution in [0.5, 0.6) is 0 Å². The van der Waals surface area contributed by atoms with E-state index in [4.69, 9.17) is 18.0 Å². The summed E-state index contributed by atoms with van der Waals surface area (Å²) in [6.07, 6.45) is 0. The minimum Gasteiger partial charge on any atom is -0.389 e. The lowest BCUT2D eigenvalue weighted by atomic mass is 10.1. The number of halogens is 1. The molecule has 0 unspecified atom stereocenters. The zero-order chi connectivity index (χ0) is 14.0. The SMILES string of the molecule is Cc1cc(Nc2cccc(I)c2)c(C(N)=S)c(C)n1. The fraction of sp³-hybridized carbons (Fsp3) is 0.143. The standard InChI is InChI=1S/C14H14IN3S/c1-8-6-12(13(14(16)19)9(2)17-8)18-11-5-3-4-10(15)7-11/h3-7H,1-2H3,(H2,16,19)(H,17,18). The quantitative estimate of drug-likeness (QED) is 0.627. The molecule has 0 radical (unpaired) electrons. The molecule has 2 aromatic rings. The van der Waals surface area contributed by atoms with Gasteiger partial charge in [-0.05, 0) is 60.7 Å². The van der Waals surface area contributed by atoms with Crippen molar-refractivity contribution < 1.29 is 0 Å². The number of hydrogen-bond acceptors (Lipinski definition) is 3. The van der Waals surface area contributed by atoms with Gasteiger partial charge in [0.05, 0.1) is 11.3 Å². The number of rotatable bonds is 3. The van der Waals surface area contributed by atoms with E-state index in [0.29, 0.717) is 4.99 Å². The first-order valence-electron chi connectivity index (χ1n) is 5.78. The zero-order valence-corrected chi connectivity index (χ0v) is 13.7. The minimum absolute atomic E-state index is 0.359. The van der Waals surface area contributed by atoms with Crippen molar-refractivity contribution in [2.75, 3.05) is 5.32 Å². The third-order valence-corrected chi connectivity index (χ3v) is 3.55. The molecular weight excluding hydrogens is 369 g/mol. The Morgan fingerprint density at radius 1 is 1.32 bits per heavy atom. The number of anilines is 2. The van der Waals surface area contributed by atoms with Crippen molar-refractivity contribution in [2.45, 2.75) is 13.8 Å². The molecule has 0 amide bonds. The van der Waals surface area contributed by atoms with Crippen molar-refractivity contribution in [3.05, 3.63) is 50.9 Å². The monoisotopic (exact) mass is 383 g/mol. The fourth-order valence-corrected chi connectivity index (χ4v) is 2.76. The van der Waals surface area contributed by atoms with E-state index in [1.54, 1.807) is 0 Å². The summed E-state index contributed by atoms with van der Waals surface area (Å²) in [4.78, 5) is 4.77. The molecule has 0 aliphatic heterocycles. The maximum Gasteiger partial charge on any atom is 0.107 e. The van der Waals surface area contributed by atoms with Gasteiger partial charge in [0.1, 0.15) is 4.99 Å². The number of aryl methyl sites for hydroxylation is 2. The van der Waals surface area contributed by atoms with E-state index in [1.807, 2.05) is 38.1 Å². The Balaban J connectivity index is 2.47. The lowest BCUT2D eigenvalue weighted by Crippen LogP contribution is -2.15. The van der Waals surface area contributed by atoms with Gasteiger partial charge in [0, 0.05) is 20.6 Å². The van der Waals surface area contributed by atoms with Gasteiger partial charge in [0.15, 0.2) is 0 Å². The second-order valence-electron chi connectivity index (χ2n) is 4.27. The van der Waals surface area contributed by atoms with E-state index in [0.717, 1.165) is 28.3 Å². The third kappa shape index (κ3) is 3.42. The van der Waals surface area contributed by atoms with E-state index in [-0.39, 0.29) is 0 Å². The van der Waals surface area contributed by atoms with Gasteiger partial charge < -0.3 is 11.1 Å². The van der Waals surface area contributed by atoms with Crippen LogP contribution in [0.4, 0.5) is 11.4 Å². The predicted molar refractivity (Wildman–Crippen MR) is 92.0 cm³/mol. The molecule has 1 heterocycles. The Bertz CT molecular complexity index is 641. The molecule has 0 saturated heterocycles. The van der Waals surface area contributed by atoms with Crippen LogP contribution in [0.1, 0.15) is 17.0 Å². The highest BCUT2D eigenvalue weighted by molar-refractivity contribution is 14.1. The summed E-state index contributed by atoms with van der Waals surface area (Å²) in [5.74, 6) is 0. The second-order valence-corrected chi connectivity index (χ2v) is 5.96. The molecule has 1 aromatic heterocycles. The second kappa shape index (κ2) is 5.83. The summed E-state index contributed by atoms with van der Waals surface area (Å²) < 4.78 is 1.17. The number of nitrogens with two attached hydrogens (primary N) is 1. The Hall–Kier alpha value is -1.21. The first-order valence-corrected chi connectivity index (χ1v) is 7.26. The van der Waals surface area contributed by atoms with Crippen LogP contribution in [-0.4, -0.2) is 9.97 Å². The van der Waals surface area contributed by atoms with Crippen LogP contribution in [0.2, 0.25) is 0 Å². The number of aromatic nitrogens is 1. The summed E-state index contributed by atoms with van der Waals surface area (Å²) in [7, 11) is 0. The number of thiocarbonyl (C=S) groups is 1. The summed E-state index contributed by atoms with van der Waals surface area (Å²) >= 11 is 7.40. The Morgan fingerprint density at radius 2 is 2.05 bits per heavy atom. The van der Waals surface area contributed by atoms with Crippen LogP contribution in [0.15, 0.2) is 30.3 Å². The molecule has 3 nitrogen and oxygen atoms in total. The van der Waals surface area contributed by atoms with Crippen LogP contribution in [0, 0.1) is 17.4 Å². The highest BCUT2D eigenvalue weighted by Crippen LogP contribution is 2.24. The number of benzene rings is 1. The molecule has 0 fully saturated rings. The van der Waals surface area contributed by atoms with Crippen molar-refractivity contribution in [2.24, 2.45) is 5.73 Å². The summed E-state index contributed by atoms with van der Waals surface area (Å²) in [6, 6.07) is 10.1. The van der Waals surface area contributed by atoms with Crippen LogP contribution in [0.25, 0.3) is 0 Å². The van der Waals surface area contributed by atoms with Crippen LogP contribution in [0.3, 0.4) is 0 Å². The lowest BCUT2D eigenvalue weighted by Gasteiger charge is -2.14. The van der Waals surface area contributed by atoms with Gasteiger partial charge in [-0.15, -0.1) is 0 Å². The third-order valence-electron chi connectivity index (χ3n) is 2.68. The van der Waals surface area contributed by atoms with Gasteiger partial charge in [-0.25, -0.2) is 0 Å². The summed E-state index contributed by atoms with van der Waals surface area (Å²) in [5.41, 5.74) is 10.3. The molecule has 2 rings (SSSR count). The molecule has 0 aliphatic rings. The van der Waals surface area contributed by atoms with Crippen LogP contribution >= 0.6 is 34.8 Å². The molecule has 0 aliphatic carbocycles. The van der Waals surface area contributed by atoms with Crippen LogP contribution in [-0.2, 0) is 0 Å². The first kappa shape index (κ1) is 14.2. The summed E-state index contributed by atoms with van der Waals surface area (Å²) in [5, 5.41) is 3.36. The number of pyridine rings is 1. The molecular formula is C14H14IN3S. The molecule has 0 spiro atoms. The highest BCUT2D eigenvalue weighted by Gasteiger charge is 2.11. The van der Waals surface area contributed by atoms with Crippen molar-refractivity contribution in [3.8, 4) is 0 Å². The minimum atomic E-state index is 0.359. The Kier molecular flexibility index (Phi) is 4.36. The van der Waals surface area contributed by atoms with Gasteiger partial charge in [-0.3, -0.25) is 4.98 Å². The highest BCUT2D eigenvalue weighted by atomic mass is 127. The predicted octanol–water partition coefficient (Wildman–Crippen LogP) is 3.68. The van der Waals surface area contributed by atoms with E-state index in [2.05, 4.69) is 39.0 Å². The van der Waals surface area contributed by atoms with Gasteiger partial charge in [0.2, 0.25) is 0 Å². The van der Waals surface area contributed by atoms with E-state index in [1.165, 1.54) is 3.57 Å². The average molecular weight is 383 g/mol. The molecule has 3 N–H and O–H groups in total. The zero-order valence-electron chi connectivity index (χ0n) is 10.7. The van der Waals surface area contributed by atoms with Crippen molar-refractivity contribution in [1.29, 1.82) is 0 Å². The molecule has 1 aromatic carbocycles. The number of hydrogen-bond donors (Lipinski definition) is 2. The van der Waals surface area contributed by atoms with E-state index in [9.17, 15) is 0 Å². The van der Waals surface area contributed by atoms with E-state index < -0.39 is 0 Å². The van der Waals surface area contributed by atoms with Crippen molar-refractivity contribution in [1.82, 2.24) is 4.98 Å². The molecule has 0 bridgehead atoms. The lowest BCUT2D eigenvalue weighted by molar-refractivity contribution is 1.12. The molecule has 0 saturated carbocycles. The van der Waals surface area contributed by atoms with Crippen molar-refractivity contribution in [3.63, 3.8) is 0 Å². The smallest absolute Gasteiger partial charge is 0.107 e. The van der Waals surface area contributed by atoms with Gasteiger partial charge in [-0.1, -0.05) is 18.3 Å². The largest absolute Gasteiger partial charge is 0.389 e. The normalized spacial score (nSPS) is 10.3. The first-order chi connectivity index (χ1) is 8.97. The molecule has 19 heavy (non-hydrogen) atoms. The van der Waals surface area contributed by atoms with Crippen LogP contribution < -0.4 is 11.1 Å². The molecule has 0 atom stereocenters. The maximum atomic E-state index is 5.80.